The Hall–Kier alpha value is -2.24. The fourth-order valence-electron chi connectivity index (χ4n) is 2.55. The van der Waals surface area contributed by atoms with Crippen molar-refractivity contribution in [2.24, 2.45) is 5.73 Å². The number of amides is 3. The summed E-state index contributed by atoms with van der Waals surface area (Å²) in [6.07, 6.45) is 3.15. The summed E-state index contributed by atoms with van der Waals surface area (Å²) in [6, 6.07) is 7.19. The van der Waals surface area contributed by atoms with Gasteiger partial charge in [-0.3, -0.25) is 4.79 Å². The van der Waals surface area contributed by atoms with Gasteiger partial charge in [0.2, 0.25) is 5.91 Å². The van der Waals surface area contributed by atoms with Gasteiger partial charge in [-0.25, -0.2) is 4.79 Å². The molecule has 0 unspecified atom stereocenters. The Bertz CT molecular complexity index is 512. The van der Waals surface area contributed by atoms with Gasteiger partial charge in [-0.2, -0.15) is 0 Å². The van der Waals surface area contributed by atoms with Crippen LogP contribution in [0, 0.1) is 0 Å². The topological polar surface area (TPSA) is 92.7 Å². The zero-order valence-electron chi connectivity index (χ0n) is 12.1. The van der Waals surface area contributed by atoms with Crippen molar-refractivity contribution in [3.63, 3.8) is 0 Å². The van der Waals surface area contributed by atoms with Crippen LogP contribution in [0.5, 0.6) is 0 Å². The number of likely N-dealkylation sites (tertiary alicyclic amines) is 1. The standard InChI is InChI=1S/C15H22N4O2/c16-13-7-3-2-6-12(13)10-19(11-14(17)20)15(21)18-8-4-1-5-9-18/h2-3,6-7H,1,4-5,8-11,16H2,(H2,17,20). The van der Waals surface area contributed by atoms with Gasteiger partial charge >= 0.3 is 6.03 Å². The van der Waals surface area contributed by atoms with Crippen LogP contribution < -0.4 is 11.5 Å². The lowest BCUT2D eigenvalue weighted by atomic mass is 10.1. The summed E-state index contributed by atoms with van der Waals surface area (Å²) in [7, 11) is 0. The van der Waals surface area contributed by atoms with Gasteiger partial charge in [0.15, 0.2) is 0 Å². The van der Waals surface area contributed by atoms with Crippen LogP contribution in [0.15, 0.2) is 24.3 Å². The predicted molar refractivity (Wildman–Crippen MR) is 81.3 cm³/mol. The summed E-state index contributed by atoms with van der Waals surface area (Å²) < 4.78 is 0. The van der Waals surface area contributed by atoms with Gasteiger partial charge in [0.1, 0.15) is 6.54 Å². The minimum Gasteiger partial charge on any atom is -0.398 e. The predicted octanol–water partition coefficient (Wildman–Crippen LogP) is 1.16. The van der Waals surface area contributed by atoms with Crippen LogP contribution in [0.1, 0.15) is 24.8 Å². The van der Waals surface area contributed by atoms with Crippen LogP contribution in [-0.2, 0) is 11.3 Å². The van der Waals surface area contributed by atoms with Gasteiger partial charge in [0.25, 0.3) is 0 Å². The van der Waals surface area contributed by atoms with Gasteiger partial charge in [-0.15, -0.1) is 0 Å². The van der Waals surface area contributed by atoms with E-state index in [2.05, 4.69) is 0 Å². The number of benzene rings is 1. The number of nitrogens with two attached hydrogens (primary N) is 2. The molecular formula is C15H22N4O2. The quantitative estimate of drug-likeness (QED) is 0.815. The van der Waals surface area contributed by atoms with E-state index in [1.165, 1.54) is 4.90 Å². The van der Waals surface area contributed by atoms with E-state index >= 15 is 0 Å². The van der Waals surface area contributed by atoms with Crippen molar-refractivity contribution in [3.05, 3.63) is 29.8 Å². The lowest BCUT2D eigenvalue weighted by Crippen LogP contribution is -2.47. The van der Waals surface area contributed by atoms with Gasteiger partial charge in [-0.05, 0) is 30.9 Å². The second-order valence-corrected chi connectivity index (χ2v) is 5.35. The van der Waals surface area contributed by atoms with Crippen LogP contribution in [0.25, 0.3) is 0 Å². The molecule has 0 saturated carbocycles. The van der Waals surface area contributed by atoms with Crippen LogP contribution >= 0.6 is 0 Å². The largest absolute Gasteiger partial charge is 0.398 e. The van der Waals surface area contributed by atoms with Crippen molar-refractivity contribution >= 4 is 17.6 Å². The van der Waals surface area contributed by atoms with Crippen LogP contribution in [0.2, 0.25) is 0 Å². The molecule has 0 radical (unpaired) electrons. The maximum absolute atomic E-state index is 12.6. The molecule has 1 aromatic rings. The number of primary amides is 1. The van der Waals surface area contributed by atoms with Crippen molar-refractivity contribution in [2.75, 3.05) is 25.4 Å². The summed E-state index contributed by atoms with van der Waals surface area (Å²) in [5.41, 5.74) is 12.6. The highest BCUT2D eigenvalue weighted by Crippen LogP contribution is 2.16. The van der Waals surface area contributed by atoms with Gasteiger partial charge in [-0.1, -0.05) is 18.2 Å². The summed E-state index contributed by atoms with van der Waals surface area (Å²) >= 11 is 0. The monoisotopic (exact) mass is 290 g/mol. The van der Waals surface area contributed by atoms with E-state index in [1.807, 2.05) is 18.2 Å². The molecule has 0 atom stereocenters. The first-order chi connectivity index (χ1) is 10.1. The molecule has 0 spiro atoms. The molecule has 1 aliphatic rings. The minimum atomic E-state index is -0.519. The smallest absolute Gasteiger partial charge is 0.320 e. The van der Waals surface area contributed by atoms with E-state index in [1.54, 1.807) is 11.0 Å². The number of urea groups is 1. The third-order valence-electron chi connectivity index (χ3n) is 3.66. The zero-order valence-corrected chi connectivity index (χ0v) is 12.1. The molecule has 3 amide bonds. The first-order valence-electron chi connectivity index (χ1n) is 7.23. The Balaban J connectivity index is 2.11. The number of carbonyl (C=O) groups is 2. The summed E-state index contributed by atoms with van der Waals surface area (Å²) in [6.45, 7) is 1.67. The molecule has 1 fully saturated rings. The van der Waals surface area contributed by atoms with E-state index in [-0.39, 0.29) is 12.6 Å². The van der Waals surface area contributed by atoms with Crippen LogP contribution in [0.3, 0.4) is 0 Å². The fraction of sp³-hybridized carbons (Fsp3) is 0.467. The van der Waals surface area contributed by atoms with Gasteiger partial charge < -0.3 is 21.3 Å². The lowest BCUT2D eigenvalue weighted by Gasteiger charge is -2.32. The molecule has 1 aromatic carbocycles. The number of hydrogen-bond donors (Lipinski definition) is 2. The highest BCUT2D eigenvalue weighted by Gasteiger charge is 2.24. The normalized spacial score (nSPS) is 14.8. The SMILES string of the molecule is NC(=O)CN(Cc1ccccc1N)C(=O)N1CCCCC1. The number of rotatable bonds is 4. The zero-order chi connectivity index (χ0) is 15.2. The average Bonchev–Trinajstić information content (AvgIpc) is 2.48. The maximum atomic E-state index is 12.6. The molecule has 114 valence electrons. The first-order valence-corrected chi connectivity index (χ1v) is 7.23. The molecule has 0 aliphatic carbocycles. The third-order valence-corrected chi connectivity index (χ3v) is 3.66. The Morgan fingerprint density at radius 2 is 1.81 bits per heavy atom. The van der Waals surface area contributed by atoms with Crippen molar-refractivity contribution in [2.45, 2.75) is 25.8 Å². The molecule has 1 saturated heterocycles. The molecule has 0 bridgehead atoms. The Morgan fingerprint density at radius 3 is 2.43 bits per heavy atom. The highest BCUT2D eigenvalue weighted by atomic mass is 16.2. The minimum absolute atomic E-state index is 0.0936. The molecular weight excluding hydrogens is 268 g/mol. The second-order valence-electron chi connectivity index (χ2n) is 5.35. The molecule has 1 aliphatic heterocycles. The van der Waals surface area contributed by atoms with Gasteiger partial charge in [0, 0.05) is 18.8 Å². The molecule has 0 aromatic heterocycles. The highest BCUT2D eigenvalue weighted by molar-refractivity contribution is 5.83. The van der Waals surface area contributed by atoms with Crippen molar-refractivity contribution in [3.8, 4) is 0 Å². The number of hydrogen-bond acceptors (Lipinski definition) is 3. The number of piperidine rings is 1. The van der Waals surface area contributed by atoms with E-state index in [0.29, 0.717) is 12.2 Å². The Morgan fingerprint density at radius 1 is 1.14 bits per heavy atom. The second kappa shape index (κ2) is 6.97. The fourth-order valence-corrected chi connectivity index (χ4v) is 2.55. The number of carbonyl (C=O) groups excluding carboxylic acids is 2. The molecule has 6 heteroatoms. The lowest BCUT2D eigenvalue weighted by molar-refractivity contribution is -0.118. The molecule has 21 heavy (non-hydrogen) atoms. The number of nitrogen functional groups attached to an aromatic ring is 1. The summed E-state index contributed by atoms with van der Waals surface area (Å²) in [5, 5.41) is 0. The van der Waals surface area contributed by atoms with Crippen LogP contribution in [-0.4, -0.2) is 41.4 Å². The maximum Gasteiger partial charge on any atom is 0.320 e. The molecule has 6 nitrogen and oxygen atoms in total. The van der Waals surface area contributed by atoms with E-state index in [4.69, 9.17) is 11.5 Å². The number of nitrogens with zero attached hydrogens (tertiary/aromatic N) is 2. The van der Waals surface area contributed by atoms with E-state index < -0.39 is 5.91 Å². The summed E-state index contributed by atoms with van der Waals surface area (Å²) in [4.78, 5) is 27.1. The van der Waals surface area contributed by atoms with Crippen molar-refractivity contribution in [1.29, 1.82) is 0 Å². The van der Waals surface area contributed by atoms with E-state index in [0.717, 1.165) is 37.9 Å². The van der Waals surface area contributed by atoms with Crippen molar-refractivity contribution < 1.29 is 9.59 Å². The van der Waals surface area contributed by atoms with Crippen LogP contribution in [0.4, 0.5) is 10.5 Å². The summed E-state index contributed by atoms with van der Waals surface area (Å²) in [5.74, 6) is -0.519. The number of para-hydroxylation sites is 1. The molecule has 4 N–H and O–H groups in total. The Labute approximate surface area is 124 Å². The third kappa shape index (κ3) is 4.11. The first kappa shape index (κ1) is 15.2. The average molecular weight is 290 g/mol. The van der Waals surface area contributed by atoms with E-state index in [9.17, 15) is 9.59 Å². The number of anilines is 1. The molecule has 2 rings (SSSR count). The van der Waals surface area contributed by atoms with Gasteiger partial charge in [0.05, 0.1) is 6.54 Å². The Kier molecular flexibility index (Phi) is 5.03. The van der Waals surface area contributed by atoms with Crippen molar-refractivity contribution in [1.82, 2.24) is 9.80 Å². The molecule has 1 heterocycles.